The number of amides is 3. The molecular formula is C28H27N3O2S. The van der Waals surface area contributed by atoms with E-state index in [2.05, 4.69) is 11.9 Å². The maximum Gasteiger partial charge on any atom is 0.322 e. The van der Waals surface area contributed by atoms with E-state index in [4.69, 9.17) is 0 Å². The van der Waals surface area contributed by atoms with Gasteiger partial charge in [0.25, 0.3) is 0 Å². The number of nitrogens with zero attached hydrogens (tertiary/aromatic N) is 2. The zero-order chi connectivity index (χ0) is 23.8. The molecule has 0 fully saturated rings. The number of benzene rings is 3. The maximum atomic E-state index is 13.4. The SMILES string of the molecule is C=CCN(CC(=O)N(Cc1ccccc1)Cc1cccs1)C(=O)Nc1cccc2ccccc12. The molecule has 0 saturated carbocycles. The molecule has 0 radical (unpaired) electrons. The van der Waals surface area contributed by atoms with E-state index in [1.807, 2.05) is 90.3 Å². The average Bonchev–Trinajstić information content (AvgIpc) is 3.37. The summed E-state index contributed by atoms with van der Waals surface area (Å²) in [4.78, 5) is 31.0. The fraction of sp³-hybridized carbons (Fsp3) is 0.143. The lowest BCUT2D eigenvalue weighted by atomic mass is 10.1. The summed E-state index contributed by atoms with van der Waals surface area (Å²) in [6, 6.07) is 27.2. The number of hydrogen-bond acceptors (Lipinski definition) is 3. The van der Waals surface area contributed by atoms with E-state index in [0.717, 1.165) is 21.2 Å². The normalized spacial score (nSPS) is 10.6. The predicted octanol–water partition coefficient (Wildman–Crippen LogP) is 6.15. The predicted molar refractivity (Wildman–Crippen MR) is 140 cm³/mol. The van der Waals surface area contributed by atoms with Crippen molar-refractivity contribution in [1.82, 2.24) is 9.80 Å². The van der Waals surface area contributed by atoms with Gasteiger partial charge in [-0.25, -0.2) is 4.79 Å². The van der Waals surface area contributed by atoms with Crippen LogP contribution in [0.2, 0.25) is 0 Å². The molecule has 1 aromatic heterocycles. The first kappa shape index (κ1) is 23.3. The van der Waals surface area contributed by atoms with Gasteiger partial charge in [-0.2, -0.15) is 0 Å². The van der Waals surface area contributed by atoms with Gasteiger partial charge in [0.2, 0.25) is 5.91 Å². The Hall–Kier alpha value is -3.90. The van der Waals surface area contributed by atoms with Gasteiger partial charge >= 0.3 is 6.03 Å². The first-order valence-corrected chi connectivity index (χ1v) is 12.0. The highest BCUT2D eigenvalue weighted by molar-refractivity contribution is 7.09. The van der Waals surface area contributed by atoms with E-state index in [0.29, 0.717) is 18.8 Å². The van der Waals surface area contributed by atoms with Crippen molar-refractivity contribution < 1.29 is 9.59 Å². The second kappa shape index (κ2) is 11.3. The van der Waals surface area contributed by atoms with Crippen LogP contribution in [0.4, 0.5) is 10.5 Å². The number of thiophene rings is 1. The third kappa shape index (κ3) is 5.91. The third-order valence-corrected chi connectivity index (χ3v) is 6.35. The maximum absolute atomic E-state index is 13.4. The van der Waals surface area contributed by atoms with Gasteiger partial charge in [0.1, 0.15) is 6.54 Å². The number of carbonyl (C=O) groups is 2. The summed E-state index contributed by atoms with van der Waals surface area (Å²) in [6.45, 7) is 4.97. The quantitative estimate of drug-likeness (QED) is 0.299. The molecule has 1 heterocycles. The first-order valence-electron chi connectivity index (χ1n) is 11.1. The molecule has 0 aliphatic carbocycles. The van der Waals surface area contributed by atoms with Crippen LogP contribution < -0.4 is 5.32 Å². The van der Waals surface area contributed by atoms with Crippen LogP contribution in [0.5, 0.6) is 0 Å². The van der Waals surface area contributed by atoms with E-state index in [1.165, 1.54) is 4.90 Å². The average molecular weight is 470 g/mol. The molecule has 0 bridgehead atoms. The van der Waals surface area contributed by atoms with Gasteiger partial charge in [-0.15, -0.1) is 17.9 Å². The van der Waals surface area contributed by atoms with Crippen molar-refractivity contribution in [3.05, 3.63) is 113 Å². The van der Waals surface area contributed by atoms with Crippen molar-refractivity contribution in [3.8, 4) is 0 Å². The van der Waals surface area contributed by atoms with Gasteiger partial charge < -0.3 is 15.1 Å². The van der Waals surface area contributed by atoms with Crippen LogP contribution in [-0.4, -0.2) is 34.8 Å². The minimum atomic E-state index is -0.333. The molecule has 0 aliphatic rings. The Morgan fingerprint density at radius 1 is 0.853 bits per heavy atom. The molecule has 172 valence electrons. The second-order valence-corrected chi connectivity index (χ2v) is 8.97. The largest absolute Gasteiger partial charge is 0.332 e. The molecule has 0 spiro atoms. The van der Waals surface area contributed by atoms with E-state index in [-0.39, 0.29) is 25.0 Å². The Kier molecular flexibility index (Phi) is 7.73. The molecule has 3 amide bonds. The zero-order valence-corrected chi connectivity index (χ0v) is 19.7. The van der Waals surface area contributed by atoms with E-state index in [1.54, 1.807) is 22.3 Å². The standard InChI is InChI=1S/C28H27N3O2S/c1-2-17-30(28(33)29-26-16-8-13-23-12-6-7-15-25(23)26)21-27(32)31(20-24-14-9-18-34-24)19-22-10-4-3-5-11-22/h2-16,18H,1,17,19-21H2,(H,29,33). The fourth-order valence-corrected chi connectivity index (χ4v) is 4.51. The van der Waals surface area contributed by atoms with Crippen LogP contribution in [-0.2, 0) is 17.9 Å². The van der Waals surface area contributed by atoms with Crippen LogP contribution in [0.3, 0.4) is 0 Å². The molecule has 0 aliphatic heterocycles. The van der Waals surface area contributed by atoms with E-state index < -0.39 is 0 Å². The zero-order valence-electron chi connectivity index (χ0n) is 18.9. The number of hydrogen-bond donors (Lipinski definition) is 1. The lowest BCUT2D eigenvalue weighted by Gasteiger charge is -2.27. The lowest BCUT2D eigenvalue weighted by molar-refractivity contribution is -0.132. The van der Waals surface area contributed by atoms with Crippen molar-refractivity contribution in [2.45, 2.75) is 13.1 Å². The number of nitrogens with one attached hydrogen (secondary N) is 1. The highest BCUT2D eigenvalue weighted by Crippen LogP contribution is 2.23. The van der Waals surface area contributed by atoms with Crippen molar-refractivity contribution in [3.63, 3.8) is 0 Å². The molecule has 1 N–H and O–H groups in total. The Labute approximate surface area is 203 Å². The smallest absolute Gasteiger partial charge is 0.322 e. The molecule has 0 atom stereocenters. The number of anilines is 1. The third-order valence-electron chi connectivity index (χ3n) is 5.49. The summed E-state index contributed by atoms with van der Waals surface area (Å²) in [6.07, 6.45) is 1.64. The summed E-state index contributed by atoms with van der Waals surface area (Å²) < 4.78 is 0. The van der Waals surface area contributed by atoms with Gasteiger partial charge in [0.15, 0.2) is 0 Å². The molecule has 5 nitrogen and oxygen atoms in total. The van der Waals surface area contributed by atoms with Crippen LogP contribution in [0.15, 0.2) is 103 Å². The summed E-state index contributed by atoms with van der Waals surface area (Å²) in [5, 5.41) is 6.97. The van der Waals surface area contributed by atoms with Crippen LogP contribution >= 0.6 is 11.3 Å². The number of urea groups is 1. The summed E-state index contributed by atoms with van der Waals surface area (Å²) in [5.74, 6) is -0.118. The summed E-state index contributed by atoms with van der Waals surface area (Å²) in [5.41, 5.74) is 1.76. The molecule has 4 aromatic rings. The molecule has 6 heteroatoms. The molecule has 0 unspecified atom stereocenters. The Balaban J connectivity index is 1.51. The molecule has 4 rings (SSSR count). The van der Waals surface area contributed by atoms with Crippen molar-refractivity contribution >= 4 is 39.7 Å². The topological polar surface area (TPSA) is 52.7 Å². The molecule has 3 aromatic carbocycles. The summed E-state index contributed by atoms with van der Waals surface area (Å²) in [7, 11) is 0. The van der Waals surface area contributed by atoms with E-state index in [9.17, 15) is 9.59 Å². The number of fused-ring (bicyclic) bond motifs is 1. The highest BCUT2D eigenvalue weighted by atomic mass is 32.1. The van der Waals surface area contributed by atoms with Crippen molar-refractivity contribution in [2.24, 2.45) is 0 Å². The van der Waals surface area contributed by atoms with Gasteiger partial charge in [-0.1, -0.05) is 78.9 Å². The van der Waals surface area contributed by atoms with Crippen LogP contribution in [0.25, 0.3) is 10.8 Å². The second-order valence-electron chi connectivity index (χ2n) is 7.94. The van der Waals surface area contributed by atoms with Crippen LogP contribution in [0.1, 0.15) is 10.4 Å². The van der Waals surface area contributed by atoms with Crippen molar-refractivity contribution in [2.75, 3.05) is 18.4 Å². The lowest BCUT2D eigenvalue weighted by Crippen LogP contribution is -2.44. The minimum absolute atomic E-state index is 0.0408. The van der Waals surface area contributed by atoms with E-state index >= 15 is 0 Å². The van der Waals surface area contributed by atoms with Crippen LogP contribution in [0, 0.1) is 0 Å². The van der Waals surface area contributed by atoms with Gasteiger partial charge in [-0.3, -0.25) is 4.79 Å². The molecule has 34 heavy (non-hydrogen) atoms. The van der Waals surface area contributed by atoms with Gasteiger partial charge in [0, 0.05) is 23.4 Å². The molecular weight excluding hydrogens is 442 g/mol. The summed E-state index contributed by atoms with van der Waals surface area (Å²) >= 11 is 1.61. The van der Waals surface area contributed by atoms with Gasteiger partial charge in [0.05, 0.1) is 12.2 Å². The number of carbonyl (C=O) groups excluding carboxylic acids is 2. The first-order chi connectivity index (χ1) is 16.6. The highest BCUT2D eigenvalue weighted by Gasteiger charge is 2.22. The Morgan fingerprint density at radius 3 is 2.38 bits per heavy atom. The Bertz CT molecular complexity index is 1250. The fourth-order valence-electron chi connectivity index (χ4n) is 3.79. The monoisotopic (exact) mass is 469 g/mol. The Morgan fingerprint density at radius 2 is 1.62 bits per heavy atom. The molecule has 0 saturated heterocycles. The number of rotatable bonds is 9. The van der Waals surface area contributed by atoms with Gasteiger partial charge in [-0.05, 0) is 28.5 Å². The minimum Gasteiger partial charge on any atom is -0.332 e. The van der Waals surface area contributed by atoms with Crippen molar-refractivity contribution in [1.29, 1.82) is 0 Å².